The molecule has 0 aliphatic carbocycles. The highest BCUT2D eigenvalue weighted by molar-refractivity contribution is 6.30. The van der Waals surface area contributed by atoms with Gasteiger partial charge in [-0.05, 0) is 30.7 Å². The molecule has 0 spiro atoms. The number of aliphatic hydroxyl groups is 1. The van der Waals surface area contributed by atoms with Crippen LogP contribution in [0.2, 0.25) is 5.02 Å². The minimum atomic E-state index is -0.508. The number of aliphatic hydroxyl groups excluding tert-OH is 1. The molecule has 3 heterocycles. The number of ether oxygens (including phenoxy) is 1. The third-order valence-corrected chi connectivity index (χ3v) is 5.02. The molecule has 9 nitrogen and oxygen atoms in total. The molecule has 3 aromatic heterocycles. The predicted octanol–water partition coefficient (Wildman–Crippen LogP) is 2.17. The van der Waals surface area contributed by atoms with Gasteiger partial charge in [0.15, 0.2) is 11.2 Å². The summed E-state index contributed by atoms with van der Waals surface area (Å²) in [6, 6.07) is 12.6. The molecule has 0 atom stereocenters. The monoisotopic (exact) mass is 441 g/mol. The van der Waals surface area contributed by atoms with Gasteiger partial charge in [0.25, 0.3) is 5.56 Å². The maximum absolute atomic E-state index is 13.2. The standard InChI is InChI=1S/C21H20ClN5O4/c1-25-18-17(19(29)26(21(25)30)10-5-11-28)27(13-15-9-8-14(22)12-23-15)20(24-18)31-16-6-3-2-4-7-16/h2-4,6-9,12,28H,5,10-11,13H2,1H3. The average molecular weight is 442 g/mol. The highest BCUT2D eigenvalue weighted by Gasteiger charge is 2.22. The van der Waals surface area contributed by atoms with Crippen molar-refractivity contribution in [3.63, 3.8) is 0 Å². The van der Waals surface area contributed by atoms with Crippen molar-refractivity contribution in [2.45, 2.75) is 19.5 Å². The van der Waals surface area contributed by atoms with Crippen molar-refractivity contribution in [2.75, 3.05) is 6.61 Å². The number of para-hydroxylation sites is 1. The Balaban J connectivity index is 1.93. The van der Waals surface area contributed by atoms with Crippen molar-refractivity contribution in [2.24, 2.45) is 7.05 Å². The normalized spacial score (nSPS) is 11.2. The predicted molar refractivity (Wildman–Crippen MR) is 116 cm³/mol. The van der Waals surface area contributed by atoms with Crippen LogP contribution in [0.1, 0.15) is 12.1 Å². The first-order valence-electron chi connectivity index (χ1n) is 9.64. The van der Waals surface area contributed by atoms with E-state index in [9.17, 15) is 9.59 Å². The van der Waals surface area contributed by atoms with Gasteiger partial charge in [0, 0.05) is 26.4 Å². The van der Waals surface area contributed by atoms with Crippen LogP contribution in [-0.4, -0.2) is 35.4 Å². The Hall–Kier alpha value is -3.43. The van der Waals surface area contributed by atoms with Crippen molar-refractivity contribution in [3.8, 4) is 11.8 Å². The molecular weight excluding hydrogens is 422 g/mol. The molecule has 0 amide bonds. The first-order valence-corrected chi connectivity index (χ1v) is 10.0. The van der Waals surface area contributed by atoms with Crippen molar-refractivity contribution < 1.29 is 9.84 Å². The fourth-order valence-corrected chi connectivity index (χ4v) is 3.37. The van der Waals surface area contributed by atoms with Crippen LogP contribution in [0.3, 0.4) is 0 Å². The third-order valence-electron chi connectivity index (χ3n) is 4.80. The molecule has 160 valence electrons. The molecule has 0 radical (unpaired) electrons. The summed E-state index contributed by atoms with van der Waals surface area (Å²) in [5.41, 5.74) is 0.0389. The average Bonchev–Trinajstić information content (AvgIpc) is 3.12. The summed E-state index contributed by atoms with van der Waals surface area (Å²) in [7, 11) is 1.55. The van der Waals surface area contributed by atoms with Gasteiger partial charge < -0.3 is 9.84 Å². The Morgan fingerprint density at radius 2 is 1.87 bits per heavy atom. The molecule has 0 unspecified atom stereocenters. The lowest BCUT2D eigenvalue weighted by Crippen LogP contribution is -2.39. The summed E-state index contributed by atoms with van der Waals surface area (Å²) < 4.78 is 9.95. The van der Waals surface area contributed by atoms with E-state index in [1.165, 1.54) is 10.8 Å². The largest absolute Gasteiger partial charge is 0.425 e. The molecule has 0 aliphatic rings. The molecule has 4 aromatic rings. The fourth-order valence-electron chi connectivity index (χ4n) is 3.26. The summed E-state index contributed by atoms with van der Waals surface area (Å²) >= 11 is 5.94. The summed E-state index contributed by atoms with van der Waals surface area (Å²) in [6.45, 7) is 0.143. The molecule has 1 N–H and O–H groups in total. The first kappa shape index (κ1) is 20.8. The van der Waals surface area contributed by atoms with Crippen LogP contribution in [-0.2, 0) is 20.1 Å². The van der Waals surface area contributed by atoms with Crippen LogP contribution in [0.4, 0.5) is 0 Å². The van der Waals surface area contributed by atoms with Crippen LogP contribution < -0.4 is 16.0 Å². The molecule has 4 rings (SSSR count). The van der Waals surface area contributed by atoms with Gasteiger partial charge in [-0.15, -0.1) is 0 Å². The Morgan fingerprint density at radius 1 is 1.10 bits per heavy atom. The molecule has 1 aromatic carbocycles. The molecule has 0 saturated heterocycles. The summed E-state index contributed by atoms with van der Waals surface area (Å²) in [5.74, 6) is 0.536. The zero-order valence-electron chi connectivity index (χ0n) is 16.7. The van der Waals surface area contributed by atoms with Gasteiger partial charge in [0.05, 0.1) is 17.3 Å². The van der Waals surface area contributed by atoms with E-state index in [4.69, 9.17) is 21.4 Å². The van der Waals surface area contributed by atoms with E-state index < -0.39 is 11.2 Å². The number of benzene rings is 1. The van der Waals surface area contributed by atoms with E-state index >= 15 is 0 Å². The smallest absolute Gasteiger partial charge is 0.332 e. The van der Waals surface area contributed by atoms with Crippen molar-refractivity contribution in [1.29, 1.82) is 0 Å². The van der Waals surface area contributed by atoms with Crippen LogP contribution in [0.25, 0.3) is 11.2 Å². The minimum absolute atomic E-state index is 0.0944. The van der Waals surface area contributed by atoms with Gasteiger partial charge in [0.2, 0.25) is 0 Å². The van der Waals surface area contributed by atoms with E-state index in [0.29, 0.717) is 16.5 Å². The second kappa shape index (κ2) is 8.75. The SMILES string of the molecule is Cn1c(=O)n(CCCO)c(=O)c2c1nc(Oc1ccccc1)n2Cc1ccc(Cl)cn1. The zero-order chi connectivity index (χ0) is 22.0. The van der Waals surface area contributed by atoms with Crippen molar-refractivity contribution in [3.05, 3.63) is 80.2 Å². The fraction of sp³-hybridized carbons (Fsp3) is 0.238. The van der Waals surface area contributed by atoms with E-state index in [1.807, 2.05) is 18.2 Å². The maximum Gasteiger partial charge on any atom is 0.332 e. The van der Waals surface area contributed by atoms with Crippen LogP contribution in [0.5, 0.6) is 11.8 Å². The lowest BCUT2D eigenvalue weighted by molar-refractivity contribution is 0.277. The van der Waals surface area contributed by atoms with Gasteiger partial charge >= 0.3 is 11.7 Å². The maximum atomic E-state index is 13.2. The number of fused-ring (bicyclic) bond motifs is 1. The summed E-state index contributed by atoms with van der Waals surface area (Å²) in [4.78, 5) is 34.7. The van der Waals surface area contributed by atoms with Crippen LogP contribution >= 0.6 is 11.6 Å². The van der Waals surface area contributed by atoms with E-state index in [-0.39, 0.29) is 43.3 Å². The number of rotatable bonds is 7. The first-order chi connectivity index (χ1) is 15.0. The summed E-state index contributed by atoms with van der Waals surface area (Å²) in [6.07, 6.45) is 1.80. The molecule has 10 heteroatoms. The van der Waals surface area contributed by atoms with E-state index in [2.05, 4.69) is 9.97 Å². The second-order valence-electron chi connectivity index (χ2n) is 6.91. The number of hydrogen-bond acceptors (Lipinski definition) is 6. The lowest BCUT2D eigenvalue weighted by atomic mass is 10.3. The number of halogens is 1. The van der Waals surface area contributed by atoms with Crippen molar-refractivity contribution in [1.82, 2.24) is 23.7 Å². The van der Waals surface area contributed by atoms with Crippen LogP contribution in [0, 0.1) is 0 Å². The number of hydrogen-bond donors (Lipinski definition) is 1. The Kier molecular flexibility index (Phi) is 5.88. The van der Waals surface area contributed by atoms with Gasteiger partial charge in [0.1, 0.15) is 5.75 Å². The number of aromatic nitrogens is 5. The van der Waals surface area contributed by atoms with Gasteiger partial charge in [-0.2, -0.15) is 4.98 Å². The lowest BCUT2D eigenvalue weighted by Gasteiger charge is -2.11. The molecule has 31 heavy (non-hydrogen) atoms. The van der Waals surface area contributed by atoms with Gasteiger partial charge in [-0.25, -0.2) is 4.79 Å². The highest BCUT2D eigenvalue weighted by Crippen LogP contribution is 2.25. The molecule has 0 bridgehead atoms. The quantitative estimate of drug-likeness (QED) is 0.471. The number of imidazole rings is 1. The summed E-state index contributed by atoms with van der Waals surface area (Å²) in [5, 5.41) is 9.65. The van der Waals surface area contributed by atoms with E-state index in [0.717, 1.165) is 4.57 Å². The Morgan fingerprint density at radius 3 is 2.55 bits per heavy atom. The third kappa shape index (κ3) is 4.10. The zero-order valence-corrected chi connectivity index (χ0v) is 17.5. The number of pyridine rings is 1. The van der Waals surface area contributed by atoms with Gasteiger partial charge in [-0.3, -0.25) is 23.5 Å². The second-order valence-corrected chi connectivity index (χ2v) is 7.35. The number of nitrogens with zero attached hydrogens (tertiary/aromatic N) is 5. The van der Waals surface area contributed by atoms with Gasteiger partial charge in [-0.1, -0.05) is 29.8 Å². The Labute approximate surface area is 181 Å². The Bertz CT molecular complexity index is 1330. The molecule has 0 saturated carbocycles. The van der Waals surface area contributed by atoms with Crippen molar-refractivity contribution >= 4 is 22.8 Å². The molecule has 0 fully saturated rings. The minimum Gasteiger partial charge on any atom is -0.425 e. The van der Waals surface area contributed by atoms with E-state index in [1.54, 1.807) is 35.9 Å². The molecular formula is C21H20ClN5O4. The number of aryl methyl sites for hydroxylation is 1. The van der Waals surface area contributed by atoms with Crippen LogP contribution in [0.15, 0.2) is 58.3 Å². The highest BCUT2D eigenvalue weighted by atomic mass is 35.5. The topological polar surface area (TPSA) is 104 Å². The molecule has 0 aliphatic heterocycles.